The Labute approximate surface area is 153 Å². The summed E-state index contributed by atoms with van der Waals surface area (Å²) in [5.74, 6) is -1.76. The summed E-state index contributed by atoms with van der Waals surface area (Å²) >= 11 is 5.91. The topological polar surface area (TPSA) is 93.7 Å². The van der Waals surface area contributed by atoms with Crippen LogP contribution in [0.4, 0.5) is 0 Å². The predicted molar refractivity (Wildman–Crippen MR) is 94.6 cm³/mol. The van der Waals surface area contributed by atoms with E-state index in [1.54, 1.807) is 38.1 Å². The van der Waals surface area contributed by atoms with Crippen LogP contribution in [0.25, 0.3) is 0 Å². The van der Waals surface area contributed by atoms with Gasteiger partial charge in [0.2, 0.25) is 21.7 Å². The molecule has 0 aromatic heterocycles. The van der Waals surface area contributed by atoms with Gasteiger partial charge in [-0.15, -0.1) is 0 Å². The fourth-order valence-corrected chi connectivity index (χ4v) is 3.53. The molecule has 2 rings (SSSR count). The van der Waals surface area contributed by atoms with Gasteiger partial charge in [0, 0.05) is 10.6 Å². The van der Waals surface area contributed by atoms with Crippen LogP contribution in [-0.2, 0) is 30.1 Å². The number of nitrogens with one attached hydrogen (secondary N) is 2. The summed E-state index contributed by atoms with van der Waals surface area (Å²) in [5, 5.41) is 3.32. The monoisotopic (exact) mass is 390 g/mol. The molecule has 1 atom stereocenters. The number of hydrogen-bond acceptors (Lipinski definition) is 5. The highest BCUT2D eigenvalue weighted by Gasteiger charge is 2.39. The smallest absolute Gasteiger partial charge is 0.238 e. The number of benzene rings is 1. The Kier molecular flexibility index (Phi) is 6.45. The molecule has 0 saturated carbocycles. The van der Waals surface area contributed by atoms with Gasteiger partial charge in [-0.1, -0.05) is 37.6 Å². The Hall–Kier alpha value is -1.19. The molecule has 1 aromatic rings. The van der Waals surface area contributed by atoms with Crippen LogP contribution in [0.1, 0.15) is 19.4 Å². The summed E-state index contributed by atoms with van der Waals surface area (Å²) < 4.78 is 36.8. The number of sulfonamides is 1. The molecular weight excluding hydrogens is 368 g/mol. The lowest BCUT2D eigenvalue weighted by Crippen LogP contribution is -2.52. The highest BCUT2D eigenvalue weighted by Crippen LogP contribution is 2.31. The summed E-state index contributed by atoms with van der Waals surface area (Å²) in [6.45, 7) is 4.38. The second-order valence-corrected chi connectivity index (χ2v) is 8.50. The molecule has 7 nitrogen and oxygen atoms in total. The molecule has 1 fully saturated rings. The van der Waals surface area contributed by atoms with Crippen LogP contribution in [0.15, 0.2) is 24.3 Å². The van der Waals surface area contributed by atoms with Crippen molar-refractivity contribution in [2.45, 2.75) is 25.7 Å². The van der Waals surface area contributed by atoms with Gasteiger partial charge in [-0.25, -0.2) is 13.1 Å². The van der Waals surface area contributed by atoms with Crippen LogP contribution in [-0.4, -0.2) is 46.4 Å². The molecule has 0 spiro atoms. The predicted octanol–water partition coefficient (Wildman–Crippen LogP) is 1.23. The van der Waals surface area contributed by atoms with Crippen LogP contribution in [0.5, 0.6) is 0 Å². The molecule has 140 valence electrons. The molecule has 1 aromatic carbocycles. The summed E-state index contributed by atoms with van der Waals surface area (Å²) in [4.78, 5) is 12.5. The minimum atomic E-state index is -3.51. The van der Waals surface area contributed by atoms with E-state index in [9.17, 15) is 13.2 Å². The minimum Gasteiger partial charge on any atom is -0.349 e. The number of carbonyl (C=O) groups is 1. The fourth-order valence-electron chi connectivity index (χ4n) is 2.57. The zero-order chi connectivity index (χ0) is 18.7. The Balaban J connectivity index is 2.12. The average molecular weight is 391 g/mol. The lowest BCUT2D eigenvalue weighted by Gasteiger charge is -2.29. The van der Waals surface area contributed by atoms with Crippen LogP contribution < -0.4 is 10.0 Å². The summed E-state index contributed by atoms with van der Waals surface area (Å²) in [7, 11) is -3.51. The quantitative estimate of drug-likeness (QED) is 0.730. The van der Waals surface area contributed by atoms with Crippen molar-refractivity contribution in [1.29, 1.82) is 0 Å². The first-order valence-electron chi connectivity index (χ1n) is 7.92. The van der Waals surface area contributed by atoms with E-state index in [0.717, 1.165) is 11.8 Å². The molecule has 1 heterocycles. The van der Waals surface area contributed by atoms with Crippen LogP contribution in [0.3, 0.4) is 0 Å². The van der Waals surface area contributed by atoms with E-state index in [4.69, 9.17) is 21.1 Å². The van der Waals surface area contributed by atoms with E-state index >= 15 is 0 Å². The van der Waals surface area contributed by atoms with Crippen molar-refractivity contribution in [3.63, 3.8) is 0 Å². The van der Waals surface area contributed by atoms with Gasteiger partial charge in [0.25, 0.3) is 0 Å². The zero-order valence-electron chi connectivity index (χ0n) is 14.4. The van der Waals surface area contributed by atoms with Crippen molar-refractivity contribution in [3.05, 3.63) is 34.9 Å². The summed E-state index contributed by atoms with van der Waals surface area (Å²) in [6, 6.07) is 6.10. The van der Waals surface area contributed by atoms with Gasteiger partial charge >= 0.3 is 0 Å². The summed E-state index contributed by atoms with van der Waals surface area (Å²) in [5.41, 5.74) is 0.729. The van der Waals surface area contributed by atoms with Crippen molar-refractivity contribution < 1.29 is 22.7 Å². The number of hydrogen-bond donors (Lipinski definition) is 2. The van der Waals surface area contributed by atoms with E-state index in [1.165, 1.54) is 0 Å². The maximum absolute atomic E-state index is 12.5. The molecular formula is C16H23ClN2O5S. The standard InChI is InChI=1S/C16H23ClN2O5S/c1-11(2)14(19-25(3,21)22)15(20)18-10-16(23-8-9-24-16)12-4-6-13(17)7-5-12/h4-7,11,14,19H,8-10H2,1-3H3,(H,18,20). The summed E-state index contributed by atoms with van der Waals surface area (Å²) in [6.07, 6.45) is 1.02. The molecule has 1 unspecified atom stereocenters. The molecule has 9 heteroatoms. The number of amides is 1. The van der Waals surface area contributed by atoms with Gasteiger partial charge in [0.1, 0.15) is 6.04 Å². The molecule has 1 amide bonds. The second-order valence-electron chi connectivity index (χ2n) is 6.29. The van der Waals surface area contributed by atoms with E-state index in [2.05, 4.69) is 10.0 Å². The SMILES string of the molecule is CC(C)C(NS(C)(=O)=O)C(=O)NCC1(c2ccc(Cl)cc2)OCCO1. The lowest BCUT2D eigenvalue weighted by molar-refractivity contribution is -0.165. The van der Waals surface area contributed by atoms with Gasteiger partial charge in [0.05, 0.1) is 26.0 Å². The first-order valence-corrected chi connectivity index (χ1v) is 10.2. The first-order chi connectivity index (χ1) is 11.6. The molecule has 0 aliphatic carbocycles. The maximum Gasteiger partial charge on any atom is 0.238 e. The van der Waals surface area contributed by atoms with E-state index in [-0.39, 0.29) is 12.5 Å². The third-order valence-electron chi connectivity index (χ3n) is 3.82. The largest absolute Gasteiger partial charge is 0.349 e. The Morgan fingerprint density at radius 3 is 2.28 bits per heavy atom. The number of ether oxygens (including phenoxy) is 2. The van der Waals surface area contributed by atoms with E-state index in [0.29, 0.717) is 18.2 Å². The first kappa shape index (κ1) is 20.1. The Morgan fingerprint density at radius 2 is 1.80 bits per heavy atom. The number of rotatable bonds is 7. The molecule has 0 bridgehead atoms. The van der Waals surface area contributed by atoms with Crippen LogP contribution >= 0.6 is 11.6 Å². The van der Waals surface area contributed by atoms with Crippen LogP contribution in [0.2, 0.25) is 5.02 Å². The minimum absolute atomic E-state index is 0.0577. The molecule has 1 aliphatic rings. The third-order valence-corrected chi connectivity index (χ3v) is 4.76. The number of carbonyl (C=O) groups excluding carboxylic acids is 1. The highest BCUT2D eigenvalue weighted by molar-refractivity contribution is 7.88. The Morgan fingerprint density at radius 1 is 1.24 bits per heavy atom. The fraction of sp³-hybridized carbons (Fsp3) is 0.562. The van der Waals surface area contributed by atoms with Gasteiger partial charge in [-0.3, -0.25) is 4.79 Å². The Bertz CT molecular complexity index is 700. The number of halogens is 1. The average Bonchev–Trinajstić information content (AvgIpc) is 3.00. The second kappa shape index (κ2) is 8.01. The van der Waals surface area contributed by atoms with Crippen LogP contribution in [0, 0.1) is 5.92 Å². The van der Waals surface area contributed by atoms with Crippen molar-refractivity contribution in [2.24, 2.45) is 5.92 Å². The normalized spacial score (nSPS) is 18.3. The van der Waals surface area contributed by atoms with Crippen molar-refractivity contribution in [2.75, 3.05) is 26.0 Å². The third kappa shape index (κ3) is 5.39. The van der Waals surface area contributed by atoms with Crippen molar-refractivity contribution in [1.82, 2.24) is 10.0 Å². The molecule has 0 radical (unpaired) electrons. The van der Waals surface area contributed by atoms with Gasteiger partial charge in [0.15, 0.2) is 0 Å². The molecule has 25 heavy (non-hydrogen) atoms. The van der Waals surface area contributed by atoms with E-state index < -0.39 is 27.8 Å². The molecule has 1 saturated heterocycles. The lowest BCUT2D eigenvalue weighted by atomic mass is 10.0. The van der Waals surface area contributed by atoms with Crippen molar-refractivity contribution >= 4 is 27.5 Å². The van der Waals surface area contributed by atoms with Gasteiger partial charge in [-0.2, -0.15) is 0 Å². The van der Waals surface area contributed by atoms with Gasteiger partial charge in [-0.05, 0) is 18.1 Å². The zero-order valence-corrected chi connectivity index (χ0v) is 16.0. The maximum atomic E-state index is 12.5. The molecule has 1 aliphatic heterocycles. The molecule has 2 N–H and O–H groups in total. The van der Waals surface area contributed by atoms with Gasteiger partial charge < -0.3 is 14.8 Å². The van der Waals surface area contributed by atoms with E-state index in [1.807, 2.05) is 0 Å². The highest BCUT2D eigenvalue weighted by atomic mass is 35.5. The van der Waals surface area contributed by atoms with Crippen molar-refractivity contribution in [3.8, 4) is 0 Å².